The first kappa shape index (κ1) is 29.8. The number of ether oxygens (including phenoxy) is 4. The van der Waals surface area contributed by atoms with E-state index in [0.29, 0.717) is 39.6 Å². The fourth-order valence-corrected chi connectivity index (χ4v) is 2.49. The molecule has 0 saturated heterocycles. The van der Waals surface area contributed by atoms with Crippen molar-refractivity contribution in [2.75, 3.05) is 59.3 Å². The Bertz CT molecular complexity index is 432. The van der Waals surface area contributed by atoms with Crippen molar-refractivity contribution in [3.8, 4) is 0 Å². The molecule has 2 amide bonds. The number of hydrogen-bond donors (Lipinski definition) is 2. The molecule has 0 aliphatic rings. The van der Waals surface area contributed by atoms with Crippen LogP contribution in [0.25, 0.3) is 0 Å². The van der Waals surface area contributed by atoms with Crippen molar-refractivity contribution < 1.29 is 28.5 Å². The highest BCUT2D eigenvalue weighted by Gasteiger charge is 2.04. The Morgan fingerprint density at radius 1 is 0.645 bits per heavy atom. The van der Waals surface area contributed by atoms with Gasteiger partial charge in [0.05, 0.1) is 32.5 Å². The summed E-state index contributed by atoms with van der Waals surface area (Å²) in [6, 6.07) is 0. The van der Waals surface area contributed by atoms with E-state index in [0.717, 1.165) is 51.7 Å². The number of hydrogen-bond acceptors (Lipinski definition) is 6. The topological polar surface area (TPSA) is 95.1 Å². The summed E-state index contributed by atoms with van der Waals surface area (Å²) < 4.78 is 21.8. The monoisotopic (exact) mass is 446 g/mol. The maximum Gasteiger partial charge on any atom is 0.246 e. The van der Waals surface area contributed by atoms with Gasteiger partial charge in [0.15, 0.2) is 0 Å². The normalized spacial score (nSPS) is 11.3. The van der Waals surface area contributed by atoms with E-state index in [1.807, 2.05) is 27.7 Å². The third-order valence-corrected chi connectivity index (χ3v) is 4.37. The lowest BCUT2D eigenvalue weighted by Crippen LogP contribution is -2.29. The van der Waals surface area contributed by atoms with Gasteiger partial charge in [-0.25, -0.2) is 0 Å². The molecule has 31 heavy (non-hydrogen) atoms. The fraction of sp³-hybridized carbons (Fsp3) is 0.913. The standard InChI is InChI=1S/C23H46N2O6/c1-20(2)23(27)25-12-8-6-10-14-29-16-18-30-17-15-28-13-9-5-7-11-24-22(26)19-31-21(3)4/h20-21H,5-19H2,1-4H3,(H,24,26)(H,25,27). The van der Waals surface area contributed by atoms with Crippen LogP contribution in [0.4, 0.5) is 0 Å². The molecule has 0 unspecified atom stereocenters. The van der Waals surface area contributed by atoms with Crippen LogP contribution in [0.2, 0.25) is 0 Å². The van der Waals surface area contributed by atoms with E-state index in [1.165, 1.54) is 0 Å². The summed E-state index contributed by atoms with van der Waals surface area (Å²) >= 11 is 0. The summed E-state index contributed by atoms with van der Waals surface area (Å²) in [5, 5.41) is 5.76. The second kappa shape index (κ2) is 22.0. The van der Waals surface area contributed by atoms with E-state index < -0.39 is 0 Å². The highest BCUT2D eigenvalue weighted by atomic mass is 16.5. The van der Waals surface area contributed by atoms with Crippen LogP contribution in [-0.2, 0) is 28.5 Å². The van der Waals surface area contributed by atoms with Crippen molar-refractivity contribution in [3.05, 3.63) is 0 Å². The smallest absolute Gasteiger partial charge is 0.246 e. The third-order valence-electron chi connectivity index (χ3n) is 4.37. The minimum atomic E-state index is -0.0573. The summed E-state index contributed by atoms with van der Waals surface area (Å²) in [5.74, 6) is 0.110. The maximum absolute atomic E-state index is 11.5. The average Bonchev–Trinajstić information content (AvgIpc) is 2.73. The maximum atomic E-state index is 11.5. The van der Waals surface area contributed by atoms with Gasteiger partial charge in [-0.15, -0.1) is 0 Å². The van der Waals surface area contributed by atoms with E-state index >= 15 is 0 Å². The van der Waals surface area contributed by atoms with E-state index in [9.17, 15) is 9.59 Å². The second-order valence-electron chi connectivity index (χ2n) is 8.11. The largest absolute Gasteiger partial charge is 0.379 e. The molecule has 0 radical (unpaired) electrons. The molecule has 8 heteroatoms. The molecule has 0 aromatic heterocycles. The van der Waals surface area contributed by atoms with Crippen molar-refractivity contribution in [1.82, 2.24) is 10.6 Å². The van der Waals surface area contributed by atoms with Gasteiger partial charge in [0.2, 0.25) is 11.8 Å². The molecule has 0 aliphatic carbocycles. The number of rotatable bonds is 22. The highest BCUT2D eigenvalue weighted by molar-refractivity contribution is 5.77. The Morgan fingerprint density at radius 3 is 1.61 bits per heavy atom. The second-order valence-corrected chi connectivity index (χ2v) is 8.11. The van der Waals surface area contributed by atoms with Gasteiger partial charge in [0.1, 0.15) is 6.61 Å². The molecule has 0 aromatic carbocycles. The number of carbonyl (C=O) groups is 2. The quantitative estimate of drug-likeness (QED) is 0.248. The summed E-state index contributed by atoms with van der Waals surface area (Å²) in [6.07, 6.45) is 6.04. The molecule has 0 atom stereocenters. The zero-order valence-corrected chi connectivity index (χ0v) is 20.2. The van der Waals surface area contributed by atoms with Gasteiger partial charge in [-0.3, -0.25) is 9.59 Å². The van der Waals surface area contributed by atoms with Gasteiger partial charge in [-0.2, -0.15) is 0 Å². The lowest BCUT2D eigenvalue weighted by molar-refractivity contribution is -0.127. The predicted octanol–water partition coefficient (Wildman–Crippen LogP) is 2.69. The SMILES string of the molecule is CC(C)OCC(=O)NCCCCCOCCOCCOCCCCCNC(=O)C(C)C. The van der Waals surface area contributed by atoms with Crippen LogP contribution in [0.15, 0.2) is 0 Å². The number of carbonyl (C=O) groups excluding carboxylic acids is 2. The molecule has 0 fully saturated rings. The average molecular weight is 447 g/mol. The molecule has 0 heterocycles. The molecule has 0 saturated carbocycles. The van der Waals surface area contributed by atoms with Gasteiger partial charge in [0, 0.05) is 32.2 Å². The van der Waals surface area contributed by atoms with Crippen molar-refractivity contribution in [2.45, 2.75) is 72.3 Å². The molecule has 0 spiro atoms. The lowest BCUT2D eigenvalue weighted by Gasteiger charge is -2.09. The summed E-state index contributed by atoms with van der Waals surface area (Å²) in [4.78, 5) is 22.9. The van der Waals surface area contributed by atoms with E-state index in [4.69, 9.17) is 18.9 Å². The Kier molecular flexibility index (Phi) is 21.1. The van der Waals surface area contributed by atoms with Crippen molar-refractivity contribution >= 4 is 11.8 Å². The minimum Gasteiger partial charge on any atom is -0.379 e. The molecule has 8 nitrogen and oxygen atoms in total. The minimum absolute atomic E-state index is 0.0507. The van der Waals surface area contributed by atoms with Gasteiger partial charge < -0.3 is 29.6 Å². The van der Waals surface area contributed by atoms with E-state index in [1.54, 1.807) is 0 Å². The molecule has 184 valence electrons. The molecular weight excluding hydrogens is 400 g/mol. The van der Waals surface area contributed by atoms with Crippen LogP contribution in [0.3, 0.4) is 0 Å². The Labute approximate surface area is 189 Å². The summed E-state index contributed by atoms with van der Waals surface area (Å²) in [7, 11) is 0. The summed E-state index contributed by atoms with van der Waals surface area (Å²) in [5.41, 5.74) is 0. The molecule has 0 rings (SSSR count). The Balaban J connectivity index is 3.14. The molecular formula is C23H46N2O6. The summed E-state index contributed by atoms with van der Waals surface area (Å²) in [6.45, 7) is 12.9. The zero-order valence-electron chi connectivity index (χ0n) is 20.2. The van der Waals surface area contributed by atoms with E-state index in [2.05, 4.69) is 10.6 Å². The van der Waals surface area contributed by atoms with Crippen molar-refractivity contribution in [3.63, 3.8) is 0 Å². The van der Waals surface area contributed by atoms with Crippen LogP contribution >= 0.6 is 0 Å². The van der Waals surface area contributed by atoms with Crippen molar-refractivity contribution in [1.29, 1.82) is 0 Å². The van der Waals surface area contributed by atoms with Gasteiger partial charge in [-0.05, 0) is 52.4 Å². The van der Waals surface area contributed by atoms with Gasteiger partial charge in [0.25, 0.3) is 0 Å². The third kappa shape index (κ3) is 23.3. The Morgan fingerprint density at radius 2 is 1.13 bits per heavy atom. The fourth-order valence-electron chi connectivity index (χ4n) is 2.49. The zero-order chi connectivity index (χ0) is 23.2. The highest BCUT2D eigenvalue weighted by Crippen LogP contribution is 1.97. The van der Waals surface area contributed by atoms with Crippen LogP contribution in [0.1, 0.15) is 66.2 Å². The lowest BCUT2D eigenvalue weighted by atomic mass is 10.2. The van der Waals surface area contributed by atoms with Gasteiger partial charge in [-0.1, -0.05) is 13.8 Å². The molecule has 0 aliphatic heterocycles. The Hall–Kier alpha value is -1.22. The number of unbranched alkanes of at least 4 members (excludes halogenated alkanes) is 4. The molecule has 2 N–H and O–H groups in total. The first-order valence-electron chi connectivity index (χ1n) is 11.8. The van der Waals surface area contributed by atoms with Crippen molar-refractivity contribution in [2.24, 2.45) is 5.92 Å². The van der Waals surface area contributed by atoms with Crippen LogP contribution in [0, 0.1) is 5.92 Å². The number of amides is 2. The van der Waals surface area contributed by atoms with Gasteiger partial charge >= 0.3 is 0 Å². The van der Waals surface area contributed by atoms with Crippen LogP contribution < -0.4 is 10.6 Å². The van der Waals surface area contributed by atoms with E-state index in [-0.39, 0.29) is 30.4 Å². The van der Waals surface area contributed by atoms with Crippen LogP contribution in [-0.4, -0.2) is 77.3 Å². The first-order valence-corrected chi connectivity index (χ1v) is 11.8. The molecule has 0 bridgehead atoms. The first-order chi connectivity index (χ1) is 14.9. The van der Waals surface area contributed by atoms with Crippen LogP contribution in [0.5, 0.6) is 0 Å². The molecule has 0 aromatic rings. The predicted molar refractivity (Wildman–Crippen MR) is 122 cm³/mol. The number of nitrogens with one attached hydrogen (secondary N) is 2.